The number of thioether (sulfide) groups is 1. The molecule has 0 fully saturated rings. The van der Waals surface area contributed by atoms with E-state index in [-0.39, 0.29) is 0 Å². The summed E-state index contributed by atoms with van der Waals surface area (Å²) in [6.07, 6.45) is 0. The van der Waals surface area contributed by atoms with E-state index in [4.69, 9.17) is 14.7 Å². The quantitative estimate of drug-likeness (QED) is 0.447. The predicted octanol–water partition coefficient (Wildman–Crippen LogP) is 3.10. The molecule has 0 amide bonds. The Kier molecular flexibility index (Phi) is 6.06. The van der Waals surface area contributed by atoms with Gasteiger partial charge in [0.25, 0.3) is 0 Å². The van der Waals surface area contributed by atoms with E-state index in [0.717, 1.165) is 17.2 Å². The van der Waals surface area contributed by atoms with Crippen LogP contribution in [0.2, 0.25) is 0 Å². The largest absolute Gasteiger partial charge is 0.493 e. The van der Waals surface area contributed by atoms with Gasteiger partial charge in [-0.3, -0.25) is 0 Å². The van der Waals surface area contributed by atoms with Crippen molar-refractivity contribution in [3.63, 3.8) is 0 Å². The highest BCUT2D eigenvalue weighted by Crippen LogP contribution is 2.25. The fraction of sp³-hybridized carbons (Fsp3) is 0.222. The van der Waals surface area contributed by atoms with Gasteiger partial charge in [-0.15, -0.1) is 5.10 Å². The standard InChI is InChI=1S/C18H17N5O2S/c1-2-24-17-6-4-3-5-16(17)23-18(20-21-22-23)26-12-11-25-15-9-7-14(13-19)8-10-15/h3-10H,2,11-12H2,1H3. The lowest BCUT2D eigenvalue weighted by atomic mass is 10.2. The van der Waals surface area contributed by atoms with Crippen molar-refractivity contribution in [1.82, 2.24) is 20.2 Å². The highest BCUT2D eigenvalue weighted by atomic mass is 32.2. The number of nitriles is 1. The van der Waals surface area contributed by atoms with Gasteiger partial charge in [0.05, 0.1) is 24.8 Å². The summed E-state index contributed by atoms with van der Waals surface area (Å²) in [5.41, 5.74) is 1.41. The normalized spacial score (nSPS) is 10.3. The molecule has 0 aliphatic rings. The number of aromatic nitrogens is 4. The summed E-state index contributed by atoms with van der Waals surface area (Å²) < 4.78 is 13.0. The van der Waals surface area contributed by atoms with Crippen LogP contribution >= 0.6 is 11.8 Å². The highest BCUT2D eigenvalue weighted by Gasteiger charge is 2.13. The van der Waals surface area contributed by atoms with Crippen LogP contribution in [0.15, 0.2) is 53.7 Å². The third-order valence-corrected chi connectivity index (χ3v) is 4.28. The summed E-state index contributed by atoms with van der Waals surface area (Å²) in [5, 5.41) is 21.4. The van der Waals surface area contributed by atoms with Crippen LogP contribution in [0.3, 0.4) is 0 Å². The number of hydrogen-bond acceptors (Lipinski definition) is 7. The second-order valence-electron chi connectivity index (χ2n) is 5.11. The molecule has 26 heavy (non-hydrogen) atoms. The molecular formula is C18H17N5O2S. The van der Waals surface area contributed by atoms with Crippen LogP contribution < -0.4 is 9.47 Å². The Hall–Kier alpha value is -3.05. The summed E-state index contributed by atoms with van der Waals surface area (Å²) in [6, 6.07) is 16.7. The third-order valence-electron chi connectivity index (χ3n) is 3.40. The molecule has 3 aromatic rings. The number of nitrogens with zero attached hydrogens (tertiary/aromatic N) is 5. The molecule has 0 saturated carbocycles. The molecule has 0 saturated heterocycles. The van der Waals surface area contributed by atoms with Crippen LogP contribution in [0.25, 0.3) is 5.69 Å². The summed E-state index contributed by atoms with van der Waals surface area (Å²) in [4.78, 5) is 0. The van der Waals surface area contributed by atoms with Gasteiger partial charge in [-0.1, -0.05) is 23.9 Å². The monoisotopic (exact) mass is 367 g/mol. The number of ether oxygens (including phenoxy) is 2. The summed E-state index contributed by atoms with van der Waals surface area (Å²) in [5.74, 6) is 2.14. The van der Waals surface area contributed by atoms with E-state index in [1.807, 2.05) is 31.2 Å². The van der Waals surface area contributed by atoms with Gasteiger partial charge in [0.15, 0.2) is 0 Å². The van der Waals surface area contributed by atoms with Gasteiger partial charge in [0.2, 0.25) is 5.16 Å². The van der Waals surface area contributed by atoms with Gasteiger partial charge < -0.3 is 9.47 Å². The average molecular weight is 367 g/mol. The van der Waals surface area contributed by atoms with E-state index in [2.05, 4.69) is 21.6 Å². The van der Waals surface area contributed by atoms with E-state index in [9.17, 15) is 0 Å². The van der Waals surface area contributed by atoms with Crippen LogP contribution in [0, 0.1) is 11.3 Å². The van der Waals surface area contributed by atoms with E-state index in [1.54, 1.807) is 28.9 Å². The Morgan fingerprint density at radius 2 is 1.92 bits per heavy atom. The first kappa shape index (κ1) is 17.8. The van der Waals surface area contributed by atoms with E-state index < -0.39 is 0 Å². The summed E-state index contributed by atoms with van der Waals surface area (Å²) in [7, 11) is 0. The zero-order chi connectivity index (χ0) is 18.2. The fourth-order valence-electron chi connectivity index (χ4n) is 2.25. The molecule has 8 heteroatoms. The van der Waals surface area contributed by atoms with E-state index >= 15 is 0 Å². The lowest BCUT2D eigenvalue weighted by molar-refractivity contribution is 0.337. The topological polar surface area (TPSA) is 85.8 Å². The minimum absolute atomic E-state index is 0.497. The van der Waals surface area contributed by atoms with Crippen molar-refractivity contribution in [3.8, 4) is 23.3 Å². The summed E-state index contributed by atoms with van der Waals surface area (Å²) >= 11 is 1.50. The third kappa shape index (κ3) is 4.32. The van der Waals surface area contributed by atoms with Gasteiger partial charge in [-0.2, -0.15) is 9.94 Å². The Balaban J connectivity index is 1.60. The molecule has 3 rings (SSSR count). The molecule has 0 bridgehead atoms. The highest BCUT2D eigenvalue weighted by molar-refractivity contribution is 7.99. The maximum absolute atomic E-state index is 8.80. The first-order valence-electron chi connectivity index (χ1n) is 8.08. The molecule has 0 spiro atoms. The first-order valence-corrected chi connectivity index (χ1v) is 9.06. The van der Waals surface area contributed by atoms with Gasteiger partial charge in [-0.25, -0.2) is 0 Å². The Bertz CT molecular complexity index is 889. The van der Waals surface area contributed by atoms with Gasteiger partial charge >= 0.3 is 0 Å². The molecule has 0 unspecified atom stereocenters. The van der Waals surface area contributed by atoms with Crippen molar-refractivity contribution < 1.29 is 9.47 Å². The molecule has 0 radical (unpaired) electrons. The second kappa shape index (κ2) is 8.87. The Morgan fingerprint density at radius 1 is 1.12 bits per heavy atom. The molecule has 0 aliphatic carbocycles. The number of benzene rings is 2. The van der Waals surface area contributed by atoms with Gasteiger partial charge in [0.1, 0.15) is 17.2 Å². The second-order valence-corrected chi connectivity index (χ2v) is 6.17. The zero-order valence-electron chi connectivity index (χ0n) is 14.2. The number of rotatable bonds is 8. The van der Waals surface area contributed by atoms with Crippen molar-refractivity contribution in [2.75, 3.05) is 19.0 Å². The van der Waals surface area contributed by atoms with E-state index in [0.29, 0.717) is 29.7 Å². The predicted molar refractivity (Wildman–Crippen MR) is 97.7 cm³/mol. The molecule has 1 aromatic heterocycles. The molecule has 0 atom stereocenters. The first-order chi connectivity index (χ1) is 12.8. The average Bonchev–Trinajstić information content (AvgIpc) is 3.15. The van der Waals surface area contributed by atoms with Crippen LogP contribution in [-0.4, -0.2) is 39.2 Å². The minimum atomic E-state index is 0.497. The molecule has 0 N–H and O–H groups in total. The van der Waals surface area contributed by atoms with E-state index in [1.165, 1.54) is 11.8 Å². The van der Waals surface area contributed by atoms with Crippen molar-refractivity contribution in [2.24, 2.45) is 0 Å². The molecule has 0 aliphatic heterocycles. The van der Waals surface area contributed by atoms with Crippen molar-refractivity contribution in [2.45, 2.75) is 12.1 Å². The van der Waals surface area contributed by atoms with Crippen molar-refractivity contribution in [1.29, 1.82) is 5.26 Å². The molecule has 2 aromatic carbocycles. The minimum Gasteiger partial charge on any atom is -0.493 e. The van der Waals surface area contributed by atoms with Crippen LogP contribution in [0.5, 0.6) is 11.5 Å². The smallest absolute Gasteiger partial charge is 0.214 e. The van der Waals surface area contributed by atoms with Gasteiger partial charge in [0, 0.05) is 5.75 Å². The van der Waals surface area contributed by atoms with Crippen LogP contribution in [-0.2, 0) is 0 Å². The maximum atomic E-state index is 8.80. The number of hydrogen-bond donors (Lipinski definition) is 0. The molecular weight excluding hydrogens is 350 g/mol. The van der Waals surface area contributed by atoms with Gasteiger partial charge in [-0.05, 0) is 53.7 Å². The molecule has 132 valence electrons. The van der Waals surface area contributed by atoms with Crippen molar-refractivity contribution >= 4 is 11.8 Å². The van der Waals surface area contributed by atoms with Crippen molar-refractivity contribution in [3.05, 3.63) is 54.1 Å². The Labute approximate surface area is 155 Å². The zero-order valence-corrected chi connectivity index (χ0v) is 15.0. The summed E-state index contributed by atoms with van der Waals surface area (Å²) in [6.45, 7) is 3.00. The maximum Gasteiger partial charge on any atom is 0.214 e. The molecule has 1 heterocycles. The number of tetrazole rings is 1. The lowest BCUT2D eigenvalue weighted by Gasteiger charge is -2.10. The van der Waals surface area contributed by atoms with Crippen LogP contribution in [0.4, 0.5) is 0 Å². The fourth-order valence-corrected chi connectivity index (χ4v) is 2.95. The lowest BCUT2D eigenvalue weighted by Crippen LogP contribution is -2.05. The number of para-hydroxylation sites is 2. The SMILES string of the molecule is CCOc1ccccc1-n1nnnc1SCCOc1ccc(C#N)cc1. The van der Waals surface area contributed by atoms with Crippen LogP contribution in [0.1, 0.15) is 12.5 Å². The Morgan fingerprint density at radius 3 is 2.69 bits per heavy atom. The molecule has 7 nitrogen and oxygen atoms in total.